The Bertz CT molecular complexity index is 1010. The van der Waals surface area contributed by atoms with E-state index in [0.29, 0.717) is 16.4 Å². The molecule has 136 valence electrons. The molecule has 3 aromatic rings. The lowest BCUT2D eigenvalue weighted by molar-refractivity contribution is -0.118. The molecule has 27 heavy (non-hydrogen) atoms. The zero-order chi connectivity index (χ0) is 18.8. The summed E-state index contributed by atoms with van der Waals surface area (Å²) in [5.74, 6) is -0.917. The van der Waals surface area contributed by atoms with Gasteiger partial charge in [0.1, 0.15) is 6.04 Å². The van der Waals surface area contributed by atoms with E-state index in [9.17, 15) is 14.4 Å². The van der Waals surface area contributed by atoms with Gasteiger partial charge >= 0.3 is 0 Å². The zero-order valence-electron chi connectivity index (χ0n) is 14.2. The Labute approximate surface area is 158 Å². The van der Waals surface area contributed by atoms with E-state index in [1.165, 1.54) is 11.3 Å². The van der Waals surface area contributed by atoms with Gasteiger partial charge in [-0.1, -0.05) is 35.6 Å². The number of carbonyl (C=O) groups is 3. The van der Waals surface area contributed by atoms with E-state index in [2.05, 4.69) is 20.9 Å². The topological polar surface area (TPSA) is 100 Å². The number of amides is 3. The molecule has 7 nitrogen and oxygen atoms in total. The highest BCUT2D eigenvalue weighted by molar-refractivity contribution is 7.22. The second-order valence-electron chi connectivity index (χ2n) is 6.13. The van der Waals surface area contributed by atoms with Gasteiger partial charge in [0.2, 0.25) is 11.8 Å². The SMILES string of the molecule is O=C(CC[C@H]1NC(=O)c2ccccc2NC1=O)Nc1nc2ccccc2s1. The van der Waals surface area contributed by atoms with Gasteiger partial charge < -0.3 is 16.0 Å². The molecule has 0 radical (unpaired) electrons. The molecule has 0 fully saturated rings. The standard InChI is InChI=1S/C19H16N4O3S/c24-16(23-19-22-13-7-3-4-8-15(13)27-19)10-9-14-18(26)20-12-6-2-1-5-11(12)17(25)21-14/h1-8,14H,9-10H2,(H,20,26)(H,21,25)(H,22,23,24)/t14-/m1/s1. The Hall–Kier alpha value is -3.26. The molecule has 1 aromatic heterocycles. The van der Waals surface area contributed by atoms with Crippen LogP contribution < -0.4 is 16.0 Å². The second kappa shape index (κ2) is 7.16. The van der Waals surface area contributed by atoms with Crippen LogP contribution in [0, 0.1) is 0 Å². The number of para-hydroxylation sites is 2. The van der Waals surface area contributed by atoms with Gasteiger partial charge in [-0.25, -0.2) is 4.98 Å². The third kappa shape index (κ3) is 3.65. The van der Waals surface area contributed by atoms with Gasteiger partial charge in [-0.3, -0.25) is 14.4 Å². The molecule has 4 rings (SSSR count). The number of nitrogens with one attached hydrogen (secondary N) is 3. The number of hydrogen-bond donors (Lipinski definition) is 3. The molecule has 0 spiro atoms. The molecular formula is C19H16N4O3S. The van der Waals surface area contributed by atoms with E-state index in [1.54, 1.807) is 24.3 Å². The summed E-state index contributed by atoms with van der Waals surface area (Å²) in [6, 6.07) is 13.6. The van der Waals surface area contributed by atoms with E-state index in [-0.39, 0.29) is 30.6 Å². The van der Waals surface area contributed by atoms with Crippen LogP contribution in [-0.4, -0.2) is 28.7 Å². The molecule has 8 heteroatoms. The summed E-state index contributed by atoms with van der Waals surface area (Å²) >= 11 is 1.39. The molecular weight excluding hydrogens is 364 g/mol. The van der Waals surface area contributed by atoms with Crippen molar-refractivity contribution in [3.63, 3.8) is 0 Å². The third-order valence-electron chi connectivity index (χ3n) is 4.25. The Morgan fingerprint density at radius 3 is 2.74 bits per heavy atom. The molecule has 0 unspecified atom stereocenters. The minimum atomic E-state index is -0.772. The van der Waals surface area contributed by atoms with E-state index in [1.807, 2.05) is 24.3 Å². The van der Waals surface area contributed by atoms with E-state index < -0.39 is 6.04 Å². The number of anilines is 2. The minimum Gasteiger partial charge on any atom is -0.340 e. The highest BCUT2D eigenvalue weighted by Crippen LogP contribution is 2.25. The van der Waals surface area contributed by atoms with Crippen molar-refractivity contribution in [2.24, 2.45) is 0 Å². The first-order valence-corrected chi connectivity index (χ1v) is 9.28. The number of carbonyl (C=O) groups excluding carboxylic acids is 3. The smallest absolute Gasteiger partial charge is 0.254 e. The highest BCUT2D eigenvalue weighted by atomic mass is 32.1. The second-order valence-corrected chi connectivity index (χ2v) is 7.17. The van der Waals surface area contributed by atoms with Crippen LogP contribution in [0.3, 0.4) is 0 Å². The number of nitrogens with zero attached hydrogens (tertiary/aromatic N) is 1. The summed E-state index contributed by atoms with van der Waals surface area (Å²) in [6.07, 6.45) is 0.285. The van der Waals surface area contributed by atoms with Crippen molar-refractivity contribution >= 4 is 50.1 Å². The van der Waals surface area contributed by atoms with Crippen molar-refractivity contribution in [2.45, 2.75) is 18.9 Å². The number of thiazole rings is 1. The summed E-state index contributed by atoms with van der Waals surface area (Å²) in [6.45, 7) is 0. The molecule has 3 amide bonds. The Balaban J connectivity index is 1.38. The van der Waals surface area contributed by atoms with Crippen molar-refractivity contribution < 1.29 is 14.4 Å². The third-order valence-corrected chi connectivity index (χ3v) is 5.20. The lowest BCUT2D eigenvalue weighted by Gasteiger charge is -2.13. The number of aromatic nitrogens is 1. The average Bonchev–Trinajstić information content (AvgIpc) is 3.02. The number of benzene rings is 2. The van der Waals surface area contributed by atoms with Crippen molar-refractivity contribution in [1.29, 1.82) is 0 Å². The summed E-state index contributed by atoms with van der Waals surface area (Å²) in [5, 5.41) is 8.68. The predicted molar refractivity (Wildman–Crippen MR) is 104 cm³/mol. The number of fused-ring (bicyclic) bond motifs is 2. The molecule has 1 aliphatic heterocycles. The fourth-order valence-electron chi connectivity index (χ4n) is 2.90. The van der Waals surface area contributed by atoms with Gasteiger partial charge in [-0.05, 0) is 30.7 Å². The van der Waals surface area contributed by atoms with Gasteiger partial charge in [0, 0.05) is 6.42 Å². The van der Waals surface area contributed by atoms with Crippen LogP contribution in [0.1, 0.15) is 23.2 Å². The zero-order valence-corrected chi connectivity index (χ0v) is 15.0. The van der Waals surface area contributed by atoms with Gasteiger partial charge in [0.25, 0.3) is 5.91 Å². The Kier molecular flexibility index (Phi) is 4.55. The normalized spacial score (nSPS) is 16.2. The van der Waals surface area contributed by atoms with Gasteiger partial charge in [0.15, 0.2) is 5.13 Å². The summed E-state index contributed by atoms with van der Waals surface area (Å²) in [7, 11) is 0. The monoisotopic (exact) mass is 380 g/mol. The van der Waals surface area contributed by atoms with Crippen LogP contribution in [0.5, 0.6) is 0 Å². The lowest BCUT2D eigenvalue weighted by atomic mass is 10.1. The quantitative estimate of drug-likeness (QED) is 0.648. The molecule has 0 saturated carbocycles. The summed E-state index contributed by atoms with van der Waals surface area (Å²) in [4.78, 5) is 41.2. The molecule has 0 aliphatic carbocycles. The number of rotatable bonds is 4. The van der Waals surface area contributed by atoms with Crippen molar-refractivity contribution in [2.75, 3.05) is 10.6 Å². The van der Waals surface area contributed by atoms with E-state index in [0.717, 1.165) is 10.2 Å². The molecule has 0 saturated heterocycles. The van der Waals surface area contributed by atoms with Gasteiger partial charge in [-0.2, -0.15) is 0 Å². The predicted octanol–water partition coefficient (Wildman–Crippen LogP) is 2.77. The van der Waals surface area contributed by atoms with Crippen LogP contribution in [0.25, 0.3) is 10.2 Å². The van der Waals surface area contributed by atoms with Crippen molar-refractivity contribution in [1.82, 2.24) is 10.3 Å². The summed E-state index contributed by atoms with van der Waals surface area (Å²) < 4.78 is 0.987. The maximum atomic E-state index is 12.3. The van der Waals surface area contributed by atoms with Crippen LogP contribution >= 0.6 is 11.3 Å². The van der Waals surface area contributed by atoms with Crippen LogP contribution in [0.2, 0.25) is 0 Å². The largest absolute Gasteiger partial charge is 0.340 e. The Morgan fingerprint density at radius 1 is 1.11 bits per heavy atom. The molecule has 2 heterocycles. The molecule has 2 aromatic carbocycles. The van der Waals surface area contributed by atoms with Gasteiger partial charge in [-0.15, -0.1) is 0 Å². The fourth-order valence-corrected chi connectivity index (χ4v) is 3.78. The minimum absolute atomic E-state index is 0.0879. The first-order valence-electron chi connectivity index (χ1n) is 8.46. The van der Waals surface area contributed by atoms with E-state index in [4.69, 9.17) is 0 Å². The van der Waals surface area contributed by atoms with Crippen molar-refractivity contribution in [3.05, 3.63) is 54.1 Å². The molecule has 0 bridgehead atoms. The lowest BCUT2D eigenvalue weighted by Crippen LogP contribution is -2.41. The molecule has 1 aliphatic rings. The van der Waals surface area contributed by atoms with Crippen molar-refractivity contribution in [3.8, 4) is 0 Å². The van der Waals surface area contributed by atoms with Gasteiger partial charge in [0.05, 0.1) is 21.5 Å². The summed E-state index contributed by atoms with van der Waals surface area (Å²) in [5.41, 5.74) is 1.71. The Morgan fingerprint density at radius 2 is 1.89 bits per heavy atom. The molecule has 1 atom stereocenters. The first-order chi connectivity index (χ1) is 13.1. The van der Waals surface area contributed by atoms with Crippen LogP contribution in [0.15, 0.2) is 48.5 Å². The van der Waals surface area contributed by atoms with Crippen LogP contribution in [0.4, 0.5) is 10.8 Å². The molecule has 3 N–H and O–H groups in total. The maximum absolute atomic E-state index is 12.3. The number of hydrogen-bond acceptors (Lipinski definition) is 5. The fraction of sp³-hybridized carbons (Fsp3) is 0.158. The van der Waals surface area contributed by atoms with Crippen LogP contribution in [-0.2, 0) is 9.59 Å². The maximum Gasteiger partial charge on any atom is 0.254 e. The van der Waals surface area contributed by atoms with E-state index >= 15 is 0 Å². The average molecular weight is 380 g/mol. The highest BCUT2D eigenvalue weighted by Gasteiger charge is 2.27. The first kappa shape index (κ1) is 17.2.